The fraction of sp³-hybridized carbons (Fsp3) is 0.263. The monoisotopic (exact) mass is 342 g/mol. The van der Waals surface area contributed by atoms with Gasteiger partial charge in [-0.2, -0.15) is 4.98 Å². The van der Waals surface area contributed by atoms with Gasteiger partial charge in [0.05, 0.1) is 5.52 Å². The molecule has 0 aliphatic rings. The van der Waals surface area contributed by atoms with Crippen LogP contribution >= 0.6 is 0 Å². The van der Waals surface area contributed by atoms with E-state index >= 15 is 0 Å². The summed E-state index contributed by atoms with van der Waals surface area (Å²) in [6.07, 6.45) is 0. The van der Waals surface area contributed by atoms with Crippen molar-refractivity contribution in [1.29, 1.82) is 0 Å². The van der Waals surface area contributed by atoms with Crippen LogP contribution in [0.3, 0.4) is 0 Å². The van der Waals surface area contributed by atoms with E-state index in [9.17, 15) is 8.78 Å². The third-order valence-electron chi connectivity index (χ3n) is 4.09. The van der Waals surface area contributed by atoms with Crippen LogP contribution < -0.4 is 10.6 Å². The average molecular weight is 342 g/mol. The highest BCUT2D eigenvalue weighted by Gasteiger charge is 2.13. The summed E-state index contributed by atoms with van der Waals surface area (Å²) in [5, 5.41) is 7.17. The Morgan fingerprint density at radius 3 is 2.28 bits per heavy atom. The molecule has 1 atom stereocenters. The summed E-state index contributed by atoms with van der Waals surface area (Å²) < 4.78 is 26.8. The van der Waals surface area contributed by atoms with Gasteiger partial charge >= 0.3 is 0 Å². The smallest absolute Gasteiger partial charge is 0.229 e. The lowest BCUT2D eigenvalue weighted by atomic mass is 10.1. The number of aromatic nitrogens is 2. The Bertz CT molecular complexity index is 875. The van der Waals surface area contributed by atoms with Crippen LogP contribution in [-0.2, 0) is 0 Å². The van der Waals surface area contributed by atoms with Gasteiger partial charge in [-0.05, 0) is 37.1 Å². The van der Waals surface area contributed by atoms with Crippen molar-refractivity contribution < 1.29 is 8.78 Å². The summed E-state index contributed by atoms with van der Waals surface area (Å²) in [5.41, 5.74) is 1.01. The number of hydrogen-bond donors (Lipinski definition) is 2. The topological polar surface area (TPSA) is 49.8 Å². The molecule has 0 spiro atoms. The van der Waals surface area contributed by atoms with Crippen LogP contribution in [0.5, 0.6) is 0 Å². The third-order valence-corrected chi connectivity index (χ3v) is 4.09. The quantitative estimate of drug-likeness (QED) is 0.677. The predicted molar refractivity (Wildman–Crippen MR) is 97.1 cm³/mol. The molecule has 25 heavy (non-hydrogen) atoms. The van der Waals surface area contributed by atoms with E-state index in [1.807, 2.05) is 24.3 Å². The highest BCUT2D eigenvalue weighted by molar-refractivity contribution is 5.90. The Morgan fingerprint density at radius 1 is 0.920 bits per heavy atom. The van der Waals surface area contributed by atoms with Crippen LogP contribution in [-0.4, -0.2) is 16.0 Å². The molecule has 6 heteroatoms. The second kappa shape index (κ2) is 7.01. The number of nitrogens with zero attached hydrogens (tertiary/aromatic N) is 2. The first kappa shape index (κ1) is 17.1. The van der Waals surface area contributed by atoms with Gasteiger partial charge in [0.15, 0.2) is 0 Å². The summed E-state index contributed by atoms with van der Waals surface area (Å²) in [6, 6.07) is 11.1. The average Bonchev–Trinajstić information content (AvgIpc) is 2.53. The molecule has 0 saturated carbocycles. The zero-order valence-electron chi connectivity index (χ0n) is 14.3. The molecule has 0 fully saturated rings. The molecule has 3 rings (SSSR count). The molecule has 130 valence electrons. The van der Waals surface area contributed by atoms with Crippen LogP contribution in [0.25, 0.3) is 10.9 Å². The van der Waals surface area contributed by atoms with Gasteiger partial charge in [0, 0.05) is 23.2 Å². The molecule has 2 N–H and O–H groups in total. The second-order valence-corrected chi connectivity index (χ2v) is 6.37. The van der Waals surface area contributed by atoms with Crippen molar-refractivity contribution in [2.24, 2.45) is 5.92 Å². The van der Waals surface area contributed by atoms with Gasteiger partial charge in [-0.25, -0.2) is 13.8 Å². The van der Waals surface area contributed by atoms with E-state index in [1.54, 1.807) is 0 Å². The van der Waals surface area contributed by atoms with Gasteiger partial charge in [0.2, 0.25) is 5.95 Å². The fourth-order valence-electron chi connectivity index (χ4n) is 2.38. The summed E-state index contributed by atoms with van der Waals surface area (Å²) in [4.78, 5) is 8.94. The lowest BCUT2D eigenvalue weighted by molar-refractivity contribution is 0.559. The number of rotatable bonds is 5. The van der Waals surface area contributed by atoms with Crippen molar-refractivity contribution in [2.75, 3.05) is 10.6 Å². The van der Waals surface area contributed by atoms with Crippen molar-refractivity contribution in [3.63, 3.8) is 0 Å². The lowest BCUT2D eigenvalue weighted by Gasteiger charge is -2.20. The Kier molecular flexibility index (Phi) is 4.79. The predicted octanol–water partition coefficient (Wildman–Crippen LogP) is 5.11. The lowest BCUT2D eigenvalue weighted by Crippen LogP contribution is -2.22. The van der Waals surface area contributed by atoms with E-state index in [0.717, 1.165) is 17.0 Å². The number of benzene rings is 2. The zero-order chi connectivity index (χ0) is 18.0. The number of anilines is 3. The van der Waals surface area contributed by atoms with Crippen LogP contribution in [0.15, 0.2) is 42.5 Å². The molecular weight excluding hydrogens is 322 g/mol. The van der Waals surface area contributed by atoms with E-state index in [1.165, 1.54) is 12.1 Å². The van der Waals surface area contributed by atoms with E-state index in [-0.39, 0.29) is 17.7 Å². The minimum absolute atomic E-state index is 0.206. The normalized spacial score (nSPS) is 12.4. The highest BCUT2D eigenvalue weighted by atomic mass is 19.1. The molecule has 1 heterocycles. The summed E-state index contributed by atoms with van der Waals surface area (Å²) >= 11 is 0. The first-order valence-electron chi connectivity index (χ1n) is 8.19. The molecule has 1 unspecified atom stereocenters. The minimum atomic E-state index is -0.657. The van der Waals surface area contributed by atoms with Gasteiger partial charge in [0.1, 0.15) is 17.5 Å². The van der Waals surface area contributed by atoms with E-state index in [0.29, 0.717) is 11.7 Å². The second-order valence-electron chi connectivity index (χ2n) is 6.37. The molecule has 4 nitrogen and oxygen atoms in total. The van der Waals surface area contributed by atoms with E-state index in [4.69, 9.17) is 0 Å². The number of halogens is 2. The van der Waals surface area contributed by atoms with Crippen molar-refractivity contribution in [3.05, 3.63) is 54.1 Å². The third kappa shape index (κ3) is 4.02. The molecule has 1 aromatic heterocycles. The molecule has 0 aliphatic carbocycles. The maximum Gasteiger partial charge on any atom is 0.229 e. The maximum absolute atomic E-state index is 13.4. The van der Waals surface area contributed by atoms with Gasteiger partial charge in [-0.3, -0.25) is 0 Å². The molecule has 3 aromatic rings. The van der Waals surface area contributed by atoms with Gasteiger partial charge < -0.3 is 10.6 Å². The number of para-hydroxylation sites is 1. The van der Waals surface area contributed by atoms with Crippen molar-refractivity contribution >= 4 is 28.4 Å². The van der Waals surface area contributed by atoms with Gasteiger partial charge in [0.25, 0.3) is 0 Å². The van der Waals surface area contributed by atoms with Crippen LogP contribution in [0.1, 0.15) is 20.8 Å². The van der Waals surface area contributed by atoms with Crippen molar-refractivity contribution in [1.82, 2.24) is 9.97 Å². The zero-order valence-corrected chi connectivity index (χ0v) is 14.3. The fourth-order valence-corrected chi connectivity index (χ4v) is 2.38. The van der Waals surface area contributed by atoms with E-state index < -0.39 is 11.6 Å². The molecule has 0 saturated heterocycles. The molecule has 0 amide bonds. The van der Waals surface area contributed by atoms with Crippen LogP contribution in [0.4, 0.5) is 26.2 Å². The van der Waals surface area contributed by atoms with Crippen LogP contribution in [0.2, 0.25) is 0 Å². The minimum Gasteiger partial charge on any atom is -0.367 e. The summed E-state index contributed by atoms with van der Waals surface area (Å²) in [7, 11) is 0. The van der Waals surface area contributed by atoms with Crippen molar-refractivity contribution in [3.8, 4) is 0 Å². The SMILES string of the molecule is CC(C)C(C)Nc1nc(Nc2cc(F)cc(F)c2)nc2ccccc12. The summed E-state index contributed by atoms with van der Waals surface area (Å²) in [5.74, 6) is 0.0703. The standard InChI is InChI=1S/C19H20F2N4/c1-11(2)12(3)22-18-16-6-4-5-7-17(16)24-19(25-18)23-15-9-13(20)8-14(21)10-15/h4-12H,1-3H3,(H2,22,23,24,25). The number of nitrogens with one attached hydrogen (secondary N) is 2. The van der Waals surface area contributed by atoms with Gasteiger partial charge in [-0.15, -0.1) is 0 Å². The Morgan fingerprint density at radius 2 is 1.60 bits per heavy atom. The molecule has 0 aliphatic heterocycles. The first-order valence-corrected chi connectivity index (χ1v) is 8.19. The highest BCUT2D eigenvalue weighted by Crippen LogP contribution is 2.25. The molecule has 0 bridgehead atoms. The van der Waals surface area contributed by atoms with E-state index in [2.05, 4.69) is 41.4 Å². The molecular formula is C19H20F2N4. The van der Waals surface area contributed by atoms with Gasteiger partial charge in [-0.1, -0.05) is 26.0 Å². The largest absolute Gasteiger partial charge is 0.367 e. The first-order chi connectivity index (χ1) is 11.9. The molecule has 2 aromatic carbocycles. The Hall–Kier alpha value is -2.76. The number of hydrogen-bond acceptors (Lipinski definition) is 4. The molecule has 0 radical (unpaired) electrons. The Labute approximate surface area is 145 Å². The number of fused-ring (bicyclic) bond motifs is 1. The maximum atomic E-state index is 13.4. The summed E-state index contributed by atoms with van der Waals surface area (Å²) in [6.45, 7) is 6.32. The Balaban J connectivity index is 2.00. The van der Waals surface area contributed by atoms with Crippen molar-refractivity contribution in [2.45, 2.75) is 26.8 Å². The van der Waals surface area contributed by atoms with Crippen LogP contribution in [0, 0.1) is 17.6 Å².